The van der Waals surface area contributed by atoms with E-state index in [0.717, 1.165) is 35.8 Å². The average molecular weight is 269 g/mol. The summed E-state index contributed by atoms with van der Waals surface area (Å²) in [6.45, 7) is 1.82. The fourth-order valence-corrected chi connectivity index (χ4v) is 2.74. The first-order valence-electron chi connectivity index (χ1n) is 6.19. The zero-order chi connectivity index (χ0) is 12.8. The number of phenols is 1. The molecule has 0 saturated carbocycles. The van der Waals surface area contributed by atoms with E-state index in [0.29, 0.717) is 6.61 Å². The van der Waals surface area contributed by atoms with Crippen molar-refractivity contribution in [3.8, 4) is 11.5 Å². The van der Waals surface area contributed by atoms with E-state index in [2.05, 4.69) is 5.32 Å². The molecule has 1 atom stereocenters. The van der Waals surface area contributed by atoms with Crippen molar-refractivity contribution >= 4 is 11.8 Å². The van der Waals surface area contributed by atoms with E-state index in [4.69, 9.17) is 9.84 Å². The smallest absolute Gasteiger partial charge is 0.127 e. The van der Waals surface area contributed by atoms with Crippen molar-refractivity contribution in [2.24, 2.45) is 0 Å². The van der Waals surface area contributed by atoms with Crippen molar-refractivity contribution in [1.29, 1.82) is 0 Å². The highest BCUT2D eigenvalue weighted by molar-refractivity contribution is 7.99. The lowest BCUT2D eigenvalue weighted by Crippen LogP contribution is -2.24. The van der Waals surface area contributed by atoms with Crippen LogP contribution in [0.3, 0.4) is 0 Å². The van der Waals surface area contributed by atoms with Gasteiger partial charge in [-0.15, -0.1) is 0 Å². The second-order valence-electron chi connectivity index (χ2n) is 4.23. The zero-order valence-corrected chi connectivity index (χ0v) is 11.1. The first-order chi connectivity index (χ1) is 8.81. The average Bonchev–Trinajstić information content (AvgIpc) is 2.76. The summed E-state index contributed by atoms with van der Waals surface area (Å²) in [6, 6.07) is 5.48. The molecule has 1 aromatic rings. The molecule has 100 valence electrons. The Morgan fingerprint density at radius 3 is 3.11 bits per heavy atom. The quantitative estimate of drug-likeness (QED) is 0.655. The Morgan fingerprint density at radius 2 is 2.28 bits per heavy atom. The summed E-state index contributed by atoms with van der Waals surface area (Å²) < 4.78 is 5.53. The van der Waals surface area contributed by atoms with Gasteiger partial charge in [0.15, 0.2) is 0 Å². The van der Waals surface area contributed by atoms with E-state index < -0.39 is 0 Å². The van der Waals surface area contributed by atoms with Gasteiger partial charge in [-0.25, -0.2) is 0 Å². The van der Waals surface area contributed by atoms with Crippen molar-refractivity contribution < 1.29 is 14.9 Å². The number of aromatic hydroxyl groups is 1. The molecule has 1 aromatic carbocycles. The summed E-state index contributed by atoms with van der Waals surface area (Å²) in [4.78, 5) is 0. The van der Waals surface area contributed by atoms with Gasteiger partial charge >= 0.3 is 0 Å². The molecule has 5 heteroatoms. The lowest BCUT2D eigenvalue weighted by molar-refractivity contribution is 0.296. The van der Waals surface area contributed by atoms with Crippen LogP contribution >= 0.6 is 11.8 Å². The molecule has 0 saturated heterocycles. The Hall–Kier alpha value is -0.910. The zero-order valence-electron chi connectivity index (χ0n) is 10.3. The first-order valence-corrected chi connectivity index (χ1v) is 7.34. The van der Waals surface area contributed by atoms with Crippen LogP contribution in [0.5, 0.6) is 11.5 Å². The topological polar surface area (TPSA) is 61.7 Å². The molecule has 0 spiro atoms. The summed E-state index contributed by atoms with van der Waals surface area (Å²) in [6.07, 6.45) is 0.860. The van der Waals surface area contributed by atoms with E-state index in [-0.39, 0.29) is 18.4 Å². The van der Waals surface area contributed by atoms with Gasteiger partial charge in [0.05, 0.1) is 6.04 Å². The Morgan fingerprint density at radius 1 is 1.39 bits per heavy atom. The van der Waals surface area contributed by atoms with Crippen LogP contribution in [-0.2, 0) is 0 Å². The Kier molecular flexibility index (Phi) is 5.16. The van der Waals surface area contributed by atoms with Crippen molar-refractivity contribution in [2.45, 2.75) is 12.5 Å². The Balaban J connectivity index is 1.73. The standard InChI is InChI=1S/C13H19NO3S/c15-5-1-6-18-7-4-14-12-9-17-13-8-10(16)2-3-11(12)13/h2-3,8,12,14-16H,1,4-7,9H2. The summed E-state index contributed by atoms with van der Waals surface area (Å²) in [7, 11) is 0. The third-order valence-electron chi connectivity index (χ3n) is 2.86. The van der Waals surface area contributed by atoms with Crippen LogP contribution in [0.15, 0.2) is 18.2 Å². The van der Waals surface area contributed by atoms with E-state index in [1.54, 1.807) is 12.1 Å². The second kappa shape index (κ2) is 6.87. The summed E-state index contributed by atoms with van der Waals surface area (Å²) in [5.74, 6) is 3.06. The maximum atomic E-state index is 9.36. The van der Waals surface area contributed by atoms with E-state index in [9.17, 15) is 5.11 Å². The minimum atomic E-state index is 0.221. The van der Waals surface area contributed by atoms with Gasteiger partial charge in [-0.05, 0) is 24.3 Å². The number of phenolic OH excluding ortho intramolecular Hbond substituents is 1. The van der Waals surface area contributed by atoms with Crippen molar-refractivity contribution in [1.82, 2.24) is 5.32 Å². The highest BCUT2D eigenvalue weighted by Gasteiger charge is 2.23. The molecule has 0 fully saturated rings. The van der Waals surface area contributed by atoms with E-state index >= 15 is 0 Å². The number of fused-ring (bicyclic) bond motifs is 1. The maximum Gasteiger partial charge on any atom is 0.127 e. The predicted octanol–water partition coefficient (Wildman–Crippen LogP) is 1.53. The van der Waals surface area contributed by atoms with Gasteiger partial charge in [-0.2, -0.15) is 11.8 Å². The van der Waals surface area contributed by atoms with Crippen molar-refractivity contribution in [2.75, 3.05) is 31.3 Å². The number of hydrogen-bond donors (Lipinski definition) is 3. The number of thioether (sulfide) groups is 1. The van der Waals surface area contributed by atoms with Crippen LogP contribution < -0.4 is 10.1 Å². The molecule has 1 unspecified atom stereocenters. The van der Waals surface area contributed by atoms with Gasteiger partial charge in [0.2, 0.25) is 0 Å². The third-order valence-corrected chi connectivity index (χ3v) is 3.93. The molecule has 1 heterocycles. The summed E-state index contributed by atoms with van der Waals surface area (Å²) in [5, 5.41) is 21.5. The highest BCUT2D eigenvalue weighted by atomic mass is 32.2. The molecule has 0 bridgehead atoms. The van der Waals surface area contributed by atoms with Crippen LogP contribution in [0.1, 0.15) is 18.0 Å². The first kappa shape index (κ1) is 13.5. The summed E-state index contributed by atoms with van der Waals surface area (Å²) in [5.41, 5.74) is 1.12. The fraction of sp³-hybridized carbons (Fsp3) is 0.538. The molecule has 1 aliphatic heterocycles. The van der Waals surface area contributed by atoms with Crippen LogP contribution in [0.2, 0.25) is 0 Å². The van der Waals surface area contributed by atoms with Crippen LogP contribution in [0, 0.1) is 0 Å². The number of benzene rings is 1. The highest BCUT2D eigenvalue weighted by Crippen LogP contribution is 2.34. The number of aliphatic hydroxyl groups excluding tert-OH is 1. The molecule has 18 heavy (non-hydrogen) atoms. The van der Waals surface area contributed by atoms with E-state index in [1.165, 1.54) is 0 Å². The molecule has 0 amide bonds. The molecule has 1 aliphatic rings. The lowest BCUT2D eigenvalue weighted by Gasteiger charge is -2.11. The molecule has 4 nitrogen and oxygen atoms in total. The molecule has 0 radical (unpaired) electrons. The largest absolute Gasteiger partial charge is 0.508 e. The van der Waals surface area contributed by atoms with Gasteiger partial charge in [-0.1, -0.05) is 0 Å². The molecule has 0 aliphatic carbocycles. The van der Waals surface area contributed by atoms with Crippen LogP contribution in [0.25, 0.3) is 0 Å². The van der Waals surface area contributed by atoms with E-state index in [1.807, 2.05) is 17.8 Å². The van der Waals surface area contributed by atoms with Gasteiger partial charge in [0.1, 0.15) is 18.1 Å². The van der Waals surface area contributed by atoms with Crippen molar-refractivity contribution in [3.05, 3.63) is 23.8 Å². The van der Waals surface area contributed by atoms with Gasteiger partial charge in [-0.3, -0.25) is 0 Å². The molecular weight excluding hydrogens is 250 g/mol. The SMILES string of the molecule is OCCCSCCNC1COc2cc(O)ccc21. The Bertz CT molecular complexity index is 386. The minimum Gasteiger partial charge on any atom is -0.508 e. The molecular formula is C13H19NO3S. The predicted molar refractivity (Wildman–Crippen MR) is 73.4 cm³/mol. The molecule has 3 N–H and O–H groups in total. The second-order valence-corrected chi connectivity index (χ2v) is 5.45. The number of aliphatic hydroxyl groups is 1. The number of nitrogens with one attached hydrogen (secondary N) is 1. The van der Waals surface area contributed by atoms with Gasteiger partial charge < -0.3 is 20.3 Å². The number of ether oxygens (including phenoxy) is 1. The maximum absolute atomic E-state index is 9.36. The number of rotatable bonds is 7. The minimum absolute atomic E-state index is 0.221. The normalized spacial score (nSPS) is 17.5. The van der Waals surface area contributed by atoms with Gasteiger partial charge in [0, 0.05) is 30.5 Å². The summed E-state index contributed by atoms with van der Waals surface area (Å²) >= 11 is 1.84. The number of hydrogen-bond acceptors (Lipinski definition) is 5. The third kappa shape index (κ3) is 3.54. The Labute approximate surface area is 111 Å². The van der Waals surface area contributed by atoms with Crippen LogP contribution in [-0.4, -0.2) is 41.5 Å². The molecule has 2 rings (SSSR count). The lowest BCUT2D eigenvalue weighted by atomic mass is 10.1. The van der Waals surface area contributed by atoms with Gasteiger partial charge in [0.25, 0.3) is 0 Å². The monoisotopic (exact) mass is 269 g/mol. The fourth-order valence-electron chi connectivity index (χ4n) is 1.94. The molecule has 0 aromatic heterocycles. The van der Waals surface area contributed by atoms with Crippen molar-refractivity contribution in [3.63, 3.8) is 0 Å². The van der Waals surface area contributed by atoms with Crippen LogP contribution in [0.4, 0.5) is 0 Å².